The van der Waals surface area contributed by atoms with Crippen molar-refractivity contribution in [2.75, 3.05) is 13.2 Å². The first-order valence-electron chi connectivity index (χ1n) is 7.07. The Hall–Kier alpha value is -1.80. The van der Waals surface area contributed by atoms with Crippen molar-refractivity contribution >= 4 is 11.9 Å². The number of fused-ring (bicyclic) bond motifs is 2. The molecule has 0 aromatic heterocycles. The monoisotopic (exact) mass is 312 g/mol. The van der Waals surface area contributed by atoms with Crippen molar-refractivity contribution in [3.05, 3.63) is 11.9 Å². The van der Waals surface area contributed by atoms with Gasteiger partial charge in [-0.05, 0) is 27.7 Å². The molecule has 0 bridgehead atoms. The molecule has 3 aliphatic heterocycles. The van der Waals surface area contributed by atoms with Crippen LogP contribution < -0.4 is 0 Å². The van der Waals surface area contributed by atoms with E-state index < -0.39 is 35.0 Å². The number of aliphatic hydroxyl groups excluding tert-OH is 1. The first-order chi connectivity index (χ1) is 10.0. The van der Waals surface area contributed by atoms with E-state index in [1.807, 2.05) is 0 Å². The summed E-state index contributed by atoms with van der Waals surface area (Å²) in [6, 6.07) is 0. The number of cyclic esters (lactones) is 2. The molecular formula is C14H20N2O6. The fourth-order valence-electron chi connectivity index (χ4n) is 3.17. The minimum atomic E-state index is -2.28. The second-order valence-electron chi connectivity index (χ2n) is 7.13. The van der Waals surface area contributed by atoms with Gasteiger partial charge in [0.15, 0.2) is 6.23 Å². The molecule has 2 atom stereocenters. The van der Waals surface area contributed by atoms with Gasteiger partial charge in [-0.2, -0.15) is 0 Å². The summed E-state index contributed by atoms with van der Waals surface area (Å²) in [6.45, 7) is 7.04. The smallest absolute Gasteiger partial charge is 0.364 e. The Morgan fingerprint density at radius 2 is 1.73 bits per heavy atom. The summed E-state index contributed by atoms with van der Waals surface area (Å²) in [5.74, 6) is -1.54. The number of esters is 2. The first kappa shape index (κ1) is 15.1. The number of morpholine rings is 2. The normalized spacial score (nSPS) is 35.9. The molecule has 0 amide bonds. The van der Waals surface area contributed by atoms with Crippen molar-refractivity contribution in [3.63, 3.8) is 0 Å². The summed E-state index contributed by atoms with van der Waals surface area (Å²) in [5, 5.41) is 21.6. The van der Waals surface area contributed by atoms with E-state index in [0.717, 1.165) is 0 Å². The van der Waals surface area contributed by atoms with Crippen LogP contribution in [0.3, 0.4) is 0 Å². The van der Waals surface area contributed by atoms with Crippen LogP contribution in [0, 0.1) is 0 Å². The van der Waals surface area contributed by atoms with Gasteiger partial charge in [-0.25, -0.2) is 9.59 Å². The highest BCUT2D eigenvalue weighted by Gasteiger charge is 2.64. The highest BCUT2D eigenvalue weighted by molar-refractivity contribution is 5.90. The lowest BCUT2D eigenvalue weighted by Crippen LogP contribution is -2.78. The predicted octanol–water partition coefficient (Wildman–Crippen LogP) is -0.877. The molecule has 8 heteroatoms. The highest BCUT2D eigenvalue weighted by Crippen LogP contribution is 2.43. The Bertz CT molecular complexity index is 584. The summed E-state index contributed by atoms with van der Waals surface area (Å²) in [5.41, 5.74) is -3.73. The van der Waals surface area contributed by atoms with E-state index in [9.17, 15) is 19.8 Å². The minimum absolute atomic E-state index is 0.0308. The average Bonchev–Trinajstić information content (AvgIpc) is 2.42. The molecule has 2 N–H and O–H groups in total. The third kappa shape index (κ3) is 1.70. The van der Waals surface area contributed by atoms with Gasteiger partial charge in [-0.3, -0.25) is 0 Å². The molecule has 3 rings (SSSR count). The SMILES string of the molecule is CC1(C)COC(=O)C2=CN3C(C)(C)COC(=O)[C@@]3(O)[C@@H](O)N21. The Balaban J connectivity index is 2.20. The van der Waals surface area contributed by atoms with E-state index in [1.165, 1.54) is 16.0 Å². The zero-order chi connectivity index (χ0) is 16.5. The van der Waals surface area contributed by atoms with Crippen molar-refractivity contribution in [3.8, 4) is 0 Å². The molecular weight excluding hydrogens is 292 g/mol. The lowest BCUT2D eigenvalue weighted by Gasteiger charge is -2.59. The average molecular weight is 312 g/mol. The molecule has 0 aliphatic carbocycles. The number of ether oxygens (including phenoxy) is 2. The maximum atomic E-state index is 12.2. The Morgan fingerprint density at radius 1 is 1.14 bits per heavy atom. The number of nitrogens with zero attached hydrogens (tertiary/aromatic N) is 2. The van der Waals surface area contributed by atoms with Gasteiger partial charge in [-0.1, -0.05) is 0 Å². The largest absolute Gasteiger partial charge is 0.460 e. The number of hydrogen-bond acceptors (Lipinski definition) is 8. The van der Waals surface area contributed by atoms with Gasteiger partial charge >= 0.3 is 11.9 Å². The quantitative estimate of drug-likeness (QED) is 0.557. The number of rotatable bonds is 0. The third-order valence-corrected chi connectivity index (χ3v) is 4.41. The predicted molar refractivity (Wildman–Crippen MR) is 72.8 cm³/mol. The zero-order valence-corrected chi connectivity index (χ0v) is 13.0. The van der Waals surface area contributed by atoms with Crippen molar-refractivity contribution in [2.45, 2.75) is 50.7 Å². The van der Waals surface area contributed by atoms with Gasteiger partial charge in [-0.15, -0.1) is 0 Å². The maximum Gasteiger partial charge on any atom is 0.364 e. The Labute approximate surface area is 127 Å². The van der Waals surface area contributed by atoms with E-state index in [0.29, 0.717) is 0 Å². The summed E-state index contributed by atoms with van der Waals surface area (Å²) in [6.07, 6.45) is -0.279. The van der Waals surface area contributed by atoms with Gasteiger partial charge in [0, 0.05) is 6.20 Å². The number of aliphatic hydroxyl groups is 2. The van der Waals surface area contributed by atoms with Gasteiger partial charge in [0.25, 0.3) is 5.72 Å². The number of carbonyl (C=O) groups is 2. The molecule has 2 fully saturated rings. The summed E-state index contributed by atoms with van der Waals surface area (Å²) in [7, 11) is 0. The van der Waals surface area contributed by atoms with Gasteiger partial charge in [0.2, 0.25) is 0 Å². The van der Waals surface area contributed by atoms with Gasteiger partial charge < -0.3 is 29.5 Å². The molecule has 3 aliphatic rings. The molecule has 0 unspecified atom stereocenters. The van der Waals surface area contributed by atoms with Crippen LogP contribution in [0.15, 0.2) is 11.9 Å². The minimum Gasteiger partial charge on any atom is -0.460 e. The fourth-order valence-corrected chi connectivity index (χ4v) is 3.17. The molecule has 0 spiro atoms. The van der Waals surface area contributed by atoms with Gasteiger partial charge in [0.1, 0.15) is 18.9 Å². The molecule has 2 saturated heterocycles. The van der Waals surface area contributed by atoms with Crippen LogP contribution in [0.25, 0.3) is 0 Å². The van der Waals surface area contributed by atoms with E-state index >= 15 is 0 Å². The van der Waals surface area contributed by atoms with E-state index in [-0.39, 0.29) is 18.9 Å². The Kier molecular flexibility index (Phi) is 2.84. The fraction of sp³-hybridized carbons (Fsp3) is 0.714. The van der Waals surface area contributed by atoms with Crippen LogP contribution in [0.4, 0.5) is 0 Å². The maximum absolute atomic E-state index is 12.2. The lowest BCUT2D eigenvalue weighted by atomic mass is 9.89. The summed E-state index contributed by atoms with van der Waals surface area (Å²) < 4.78 is 10.2. The van der Waals surface area contributed by atoms with Crippen LogP contribution in [0.2, 0.25) is 0 Å². The zero-order valence-electron chi connectivity index (χ0n) is 13.0. The molecule has 0 aromatic carbocycles. The molecule has 0 aromatic rings. The van der Waals surface area contributed by atoms with Crippen molar-refractivity contribution in [2.24, 2.45) is 0 Å². The molecule has 8 nitrogen and oxygen atoms in total. The van der Waals surface area contributed by atoms with E-state index in [2.05, 4.69) is 0 Å². The van der Waals surface area contributed by atoms with Crippen molar-refractivity contribution in [1.29, 1.82) is 0 Å². The van der Waals surface area contributed by atoms with Crippen LogP contribution in [0.1, 0.15) is 27.7 Å². The molecule has 0 saturated carbocycles. The van der Waals surface area contributed by atoms with E-state index in [1.54, 1.807) is 27.7 Å². The van der Waals surface area contributed by atoms with Crippen LogP contribution in [-0.4, -0.2) is 68.2 Å². The molecule has 3 heterocycles. The first-order valence-corrected chi connectivity index (χ1v) is 7.07. The standard InChI is InChI=1S/C14H20N2O6/c1-12(2)6-22-11(19)14(20)10(18)16-8(5-15(12)14)9(17)21-7-13(16,3)4/h5,10,18,20H,6-7H2,1-4H3/t10-,14+/m1/s1. The second kappa shape index (κ2) is 4.14. The number of carbonyl (C=O) groups excluding carboxylic acids is 2. The topological polar surface area (TPSA) is 99.5 Å². The van der Waals surface area contributed by atoms with Crippen LogP contribution in [0.5, 0.6) is 0 Å². The lowest BCUT2D eigenvalue weighted by molar-refractivity contribution is -0.283. The second-order valence-corrected chi connectivity index (χ2v) is 7.13. The summed E-state index contributed by atoms with van der Waals surface area (Å²) >= 11 is 0. The van der Waals surface area contributed by atoms with Crippen molar-refractivity contribution < 1.29 is 29.3 Å². The van der Waals surface area contributed by atoms with Crippen molar-refractivity contribution in [1.82, 2.24) is 9.80 Å². The third-order valence-electron chi connectivity index (χ3n) is 4.41. The molecule has 22 heavy (non-hydrogen) atoms. The summed E-state index contributed by atoms with van der Waals surface area (Å²) in [4.78, 5) is 26.8. The number of hydrogen-bond donors (Lipinski definition) is 2. The van der Waals surface area contributed by atoms with Gasteiger partial charge in [0.05, 0.1) is 11.1 Å². The molecule has 122 valence electrons. The van der Waals surface area contributed by atoms with E-state index in [4.69, 9.17) is 9.47 Å². The highest BCUT2D eigenvalue weighted by atomic mass is 16.6. The molecule has 0 radical (unpaired) electrons. The Morgan fingerprint density at radius 3 is 2.36 bits per heavy atom. The van der Waals surface area contributed by atoms with Crippen LogP contribution in [-0.2, 0) is 19.1 Å². The van der Waals surface area contributed by atoms with Crippen LogP contribution >= 0.6 is 0 Å².